The van der Waals surface area contributed by atoms with E-state index < -0.39 is 0 Å². The van der Waals surface area contributed by atoms with Crippen molar-refractivity contribution in [1.29, 1.82) is 0 Å². The highest BCUT2D eigenvalue weighted by Crippen LogP contribution is 2.36. The molecule has 0 saturated carbocycles. The van der Waals surface area contributed by atoms with Gasteiger partial charge in [-0.2, -0.15) is 0 Å². The highest BCUT2D eigenvalue weighted by atomic mass is 35.5. The molecular formula is C21H26ClN2O4+. The number of quaternary nitrogens is 1. The van der Waals surface area contributed by atoms with Crippen molar-refractivity contribution in [2.24, 2.45) is 0 Å². The van der Waals surface area contributed by atoms with E-state index in [1.807, 2.05) is 30.3 Å². The molecule has 28 heavy (non-hydrogen) atoms. The lowest BCUT2D eigenvalue weighted by Crippen LogP contribution is -3.14. The fourth-order valence-electron chi connectivity index (χ4n) is 3.38. The zero-order valence-electron chi connectivity index (χ0n) is 16.2. The van der Waals surface area contributed by atoms with Crippen LogP contribution in [0, 0.1) is 0 Å². The van der Waals surface area contributed by atoms with Crippen molar-refractivity contribution < 1.29 is 23.9 Å². The van der Waals surface area contributed by atoms with Gasteiger partial charge in [0.25, 0.3) is 5.91 Å². The standard InChI is InChI=1S/C21H25ClN2O4/c1-26-19-13-16(12-17(22)20(19)27-2)21(25)23-18(15-6-4-3-5-7-15)14-24-8-10-28-11-9-24/h3-7,12-13,18H,8-11,14H2,1-2H3,(H,23,25)/p+1/t18-/m0/s1. The van der Waals surface area contributed by atoms with Crippen molar-refractivity contribution in [1.82, 2.24) is 5.32 Å². The molecule has 1 aliphatic heterocycles. The van der Waals surface area contributed by atoms with Crippen LogP contribution in [-0.4, -0.2) is 53.0 Å². The molecule has 0 bridgehead atoms. The number of methoxy groups -OCH3 is 2. The van der Waals surface area contributed by atoms with E-state index in [9.17, 15) is 4.79 Å². The summed E-state index contributed by atoms with van der Waals surface area (Å²) < 4.78 is 16.0. The Morgan fingerprint density at radius 3 is 2.54 bits per heavy atom. The van der Waals surface area contributed by atoms with Crippen LogP contribution in [0.1, 0.15) is 22.0 Å². The van der Waals surface area contributed by atoms with E-state index in [0.717, 1.165) is 38.4 Å². The molecule has 3 rings (SSSR count). The van der Waals surface area contributed by atoms with Crippen molar-refractivity contribution in [2.75, 3.05) is 47.1 Å². The first-order valence-corrected chi connectivity index (χ1v) is 9.68. The number of hydrogen-bond acceptors (Lipinski definition) is 4. The lowest BCUT2D eigenvalue weighted by atomic mass is 10.0. The Kier molecular flexibility index (Phi) is 7.14. The van der Waals surface area contributed by atoms with Crippen molar-refractivity contribution in [3.05, 3.63) is 58.6 Å². The van der Waals surface area contributed by atoms with Crippen LogP contribution in [0.15, 0.2) is 42.5 Å². The summed E-state index contributed by atoms with van der Waals surface area (Å²) in [5, 5.41) is 3.49. The zero-order valence-corrected chi connectivity index (χ0v) is 16.9. The summed E-state index contributed by atoms with van der Waals surface area (Å²) in [5.41, 5.74) is 1.50. The maximum atomic E-state index is 13.0. The number of nitrogens with one attached hydrogen (secondary N) is 2. The van der Waals surface area contributed by atoms with Crippen molar-refractivity contribution in [2.45, 2.75) is 6.04 Å². The number of rotatable bonds is 7. The van der Waals surface area contributed by atoms with Gasteiger partial charge in [0.15, 0.2) is 11.5 Å². The minimum Gasteiger partial charge on any atom is -0.493 e. The number of ether oxygens (including phenoxy) is 3. The minimum atomic E-state index is -0.204. The average molecular weight is 406 g/mol. The third-order valence-corrected chi connectivity index (χ3v) is 5.18. The summed E-state index contributed by atoms with van der Waals surface area (Å²) in [5.74, 6) is 0.637. The molecule has 1 aliphatic rings. The van der Waals surface area contributed by atoms with E-state index in [1.165, 1.54) is 19.1 Å². The second-order valence-electron chi connectivity index (χ2n) is 6.70. The third-order valence-electron chi connectivity index (χ3n) is 4.90. The van der Waals surface area contributed by atoms with Crippen LogP contribution in [-0.2, 0) is 4.74 Å². The van der Waals surface area contributed by atoms with Gasteiger partial charge in [0.1, 0.15) is 25.7 Å². The van der Waals surface area contributed by atoms with Crippen LogP contribution in [0.3, 0.4) is 0 Å². The summed E-state index contributed by atoms with van der Waals surface area (Å²) >= 11 is 6.26. The van der Waals surface area contributed by atoms with Gasteiger partial charge in [-0.15, -0.1) is 0 Å². The minimum absolute atomic E-state index is 0.117. The molecule has 0 spiro atoms. The number of carbonyl (C=O) groups excluding carboxylic acids is 1. The normalized spacial score (nSPS) is 15.7. The maximum Gasteiger partial charge on any atom is 0.252 e. The molecule has 2 aromatic rings. The predicted molar refractivity (Wildman–Crippen MR) is 108 cm³/mol. The number of morpholine rings is 1. The topological polar surface area (TPSA) is 61.2 Å². The highest BCUT2D eigenvalue weighted by Gasteiger charge is 2.24. The Bertz CT molecular complexity index is 794. The van der Waals surface area contributed by atoms with E-state index >= 15 is 0 Å². The SMILES string of the molecule is COc1cc(C(=O)N[C@@H](C[NH+]2CCOCC2)c2ccccc2)cc(Cl)c1OC. The van der Waals surface area contributed by atoms with Crippen molar-refractivity contribution >= 4 is 17.5 Å². The monoisotopic (exact) mass is 405 g/mol. The summed E-state index contributed by atoms with van der Waals surface area (Å²) in [6, 6.07) is 13.1. The molecule has 0 aliphatic carbocycles. The first kappa shape index (κ1) is 20.5. The Morgan fingerprint density at radius 2 is 1.89 bits per heavy atom. The quantitative estimate of drug-likeness (QED) is 0.736. The summed E-state index contributed by atoms with van der Waals surface area (Å²) in [4.78, 5) is 14.4. The van der Waals surface area contributed by atoms with Gasteiger partial charge in [-0.3, -0.25) is 4.79 Å². The molecule has 2 N–H and O–H groups in total. The van der Waals surface area contributed by atoms with Gasteiger partial charge < -0.3 is 24.4 Å². The molecule has 0 radical (unpaired) electrons. The maximum absolute atomic E-state index is 13.0. The fourth-order valence-corrected chi connectivity index (χ4v) is 3.67. The van der Waals surface area contributed by atoms with Crippen molar-refractivity contribution in [3.8, 4) is 11.5 Å². The van der Waals surface area contributed by atoms with Gasteiger partial charge in [0, 0.05) is 5.56 Å². The average Bonchev–Trinajstić information content (AvgIpc) is 2.74. The Morgan fingerprint density at radius 1 is 1.18 bits per heavy atom. The highest BCUT2D eigenvalue weighted by molar-refractivity contribution is 6.32. The molecule has 0 aromatic heterocycles. The van der Waals surface area contributed by atoms with Crippen LogP contribution >= 0.6 is 11.6 Å². The van der Waals surface area contributed by atoms with E-state index in [-0.39, 0.29) is 11.9 Å². The van der Waals surface area contributed by atoms with Gasteiger partial charge >= 0.3 is 0 Å². The lowest BCUT2D eigenvalue weighted by molar-refractivity contribution is -0.909. The second kappa shape index (κ2) is 9.78. The molecule has 7 heteroatoms. The Balaban J connectivity index is 1.81. The van der Waals surface area contributed by atoms with Gasteiger partial charge in [0.05, 0.1) is 32.5 Å². The van der Waals surface area contributed by atoms with Gasteiger partial charge in [-0.1, -0.05) is 41.9 Å². The van der Waals surface area contributed by atoms with Crippen molar-refractivity contribution in [3.63, 3.8) is 0 Å². The predicted octanol–water partition coefficient (Wildman–Crippen LogP) is 1.74. The van der Waals surface area contributed by atoms with Crippen LogP contribution in [0.25, 0.3) is 0 Å². The first-order chi connectivity index (χ1) is 13.6. The Hall–Kier alpha value is -2.28. The molecule has 150 valence electrons. The molecule has 6 nitrogen and oxygen atoms in total. The van der Waals surface area contributed by atoms with Crippen LogP contribution in [0.5, 0.6) is 11.5 Å². The van der Waals surface area contributed by atoms with E-state index in [2.05, 4.69) is 5.32 Å². The molecule has 1 atom stereocenters. The van der Waals surface area contributed by atoms with Gasteiger partial charge in [-0.25, -0.2) is 0 Å². The Labute approximate surface area is 170 Å². The van der Waals surface area contributed by atoms with Crippen LogP contribution in [0.4, 0.5) is 0 Å². The number of amides is 1. The van der Waals surface area contributed by atoms with E-state index in [1.54, 1.807) is 12.1 Å². The number of carbonyl (C=O) groups is 1. The molecule has 0 unspecified atom stereocenters. The summed E-state index contributed by atoms with van der Waals surface area (Å²) in [6.45, 7) is 4.15. The first-order valence-electron chi connectivity index (χ1n) is 9.31. The van der Waals surface area contributed by atoms with E-state index in [4.69, 9.17) is 25.8 Å². The molecule has 1 saturated heterocycles. The second-order valence-corrected chi connectivity index (χ2v) is 7.10. The molecule has 2 aromatic carbocycles. The van der Waals surface area contributed by atoms with E-state index in [0.29, 0.717) is 22.1 Å². The van der Waals surface area contributed by atoms with Crippen LogP contribution < -0.4 is 19.7 Å². The third kappa shape index (κ3) is 4.95. The molecule has 1 fully saturated rings. The zero-order chi connectivity index (χ0) is 19.9. The van der Waals surface area contributed by atoms with Gasteiger partial charge in [-0.05, 0) is 17.7 Å². The molecule has 1 heterocycles. The lowest BCUT2D eigenvalue weighted by Gasteiger charge is -2.28. The number of benzene rings is 2. The molecular weight excluding hydrogens is 380 g/mol. The van der Waals surface area contributed by atoms with Gasteiger partial charge in [0.2, 0.25) is 0 Å². The largest absolute Gasteiger partial charge is 0.493 e. The molecule has 1 amide bonds. The number of hydrogen-bond donors (Lipinski definition) is 2. The summed E-state index contributed by atoms with van der Waals surface area (Å²) in [7, 11) is 3.03. The summed E-state index contributed by atoms with van der Waals surface area (Å²) in [6.07, 6.45) is 0. The smallest absolute Gasteiger partial charge is 0.252 e. The van der Waals surface area contributed by atoms with Crippen LogP contribution in [0.2, 0.25) is 5.02 Å². The fraction of sp³-hybridized carbons (Fsp3) is 0.381. The number of halogens is 1.